The fourth-order valence-corrected chi connectivity index (χ4v) is 3.96. The van der Waals surface area contributed by atoms with Crippen LogP contribution in [0, 0.1) is 11.6 Å². The first-order valence-corrected chi connectivity index (χ1v) is 8.74. The number of likely N-dealkylation sites (N-methyl/N-ethyl adjacent to an activating group) is 1. The maximum Gasteiger partial charge on any atom is 0.188 e. The van der Waals surface area contributed by atoms with Gasteiger partial charge in [0.15, 0.2) is 5.78 Å². The molecule has 0 aliphatic carbocycles. The van der Waals surface area contributed by atoms with E-state index in [1.54, 1.807) is 24.3 Å². The lowest BCUT2D eigenvalue weighted by molar-refractivity contribution is -0.114. The number of ketones is 1. The lowest BCUT2D eigenvalue weighted by atomic mass is 9.88. The van der Waals surface area contributed by atoms with Crippen molar-refractivity contribution in [3.63, 3.8) is 0 Å². The van der Waals surface area contributed by atoms with Crippen LogP contribution in [0.1, 0.15) is 24.0 Å². The summed E-state index contributed by atoms with van der Waals surface area (Å²) in [5.74, 6) is -0.557. The molecule has 2 atom stereocenters. The van der Waals surface area contributed by atoms with Crippen LogP contribution in [-0.4, -0.2) is 29.8 Å². The van der Waals surface area contributed by atoms with E-state index in [0.29, 0.717) is 0 Å². The van der Waals surface area contributed by atoms with E-state index in [2.05, 4.69) is 4.90 Å². The molecule has 132 valence electrons. The van der Waals surface area contributed by atoms with Gasteiger partial charge in [-0.3, -0.25) is 9.69 Å². The Labute approximate surface area is 151 Å². The Hall–Kier alpha value is -2.59. The molecular weight excluding hydrogens is 332 g/mol. The van der Waals surface area contributed by atoms with E-state index in [-0.39, 0.29) is 29.5 Å². The maximum absolute atomic E-state index is 13.2. The molecule has 26 heavy (non-hydrogen) atoms. The van der Waals surface area contributed by atoms with E-state index >= 15 is 0 Å². The van der Waals surface area contributed by atoms with Gasteiger partial charge in [0, 0.05) is 23.2 Å². The molecule has 0 radical (unpaired) electrons. The van der Waals surface area contributed by atoms with Crippen molar-refractivity contribution in [1.29, 1.82) is 0 Å². The molecule has 0 amide bonds. The molecule has 4 heteroatoms. The van der Waals surface area contributed by atoms with Gasteiger partial charge >= 0.3 is 0 Å². The minimum Gasteiger partial charge on any atom is -0.292 e. The number of rotatable bonds is 2. The quantitative estimate of drug-likeness (QED) is 0.744. The first-order chi connectivity index (χ1) is 12.5. The van der Waals surface area contributed by atoms with Crippen LogP contribution in [0.2, 0.25) is 0 Å². The molecule has 2 bridgehead atoms. The predicted octanol–water partition coefficient (Wildman–Crippen LogP) is 4.48. The number of fused-ring (bicyclic) bond motifs is 2. The second-order valence-electron chi connectivity index (χ2n) is 6.91. The van der Waals surface area contributed by atoms with Crippen molar-refractivity contribution in [1.82, 2.24) is 4.90 Å². The summed E-state index contributed by atoms with van der Waals surface area (Å²) in [6.07, 6.45) is 5.56. The van der Waals surface area contributed by atoms with Gasteiger partial charge in [-0.25, -0.2) is 8.78 Å². The van der Waals surface area contributed by atoms with Gasteiger partial charge in [0.1, 0.15) is 11.6 Å². The summed E-state index contributed by atoms with van der Waals surface area (Å²) in [4.78, 5) is 15.4. The van der Waals surface area contributed by atoms with Gasteiger partial charge in [-0.05, 0) is 67.4 Å². The molecule has 2 aliphatic heterocycles. The summed E-state index contributed by atoms with van der Waals surface area (Å²) >= 11 is 0. The van der Waals surface area contributed by atoms with E-state index in [1.165, 1.54) is 24.3 Å². The monoisotopic (exact) mass is 351 g/mol. The first kappa shape index (κ1) is 16.9. The van der Waals surface area contributed by atoms with Crippen molar-refractivity contribution in [3.8, 4) is 0 Å². The summed E-state index contributed by atoms with van der Waals surface area (Å²) in [7, 11) is 2.03. The largest absolute Gasteiger partial charge is 0.292 e. The number of halogens is 2. The maximum atomic E-state index is 13.2. The molecule has 0 aromatic heterocycles. The van der Waals surface area contributed by atoms with Crippen LogP contribution in [0.25, 0.3) is 12.2 Å². The van der Waals surface area contributed by atoms with Gasteiger partial charge in [-0.1, -0.05) is 24.3 Å². The standard InChI is InChI=1S/C22H19F2NO/c1-25-20-10-11-21(25)19(13-15-4-8-17(24)9-5-15)22(26)18(20)12-14-2-6-16(23)7-3-14/h2-9,12-13,20-21H,10-11H2,1H3/b18-12+,19-13+. The lowest BCUT2D eigenvalue weighted by Crippen LogP contribution is -2.43. The van der Waals surface area contributed by atoms with Crippen molar-refractivity contribution in [2.24, 2.45) is 0 Å². The SMILES string of the molecule is CN1C2CCC1/C(=C\c1ccc(F)cc1)C(=O)/C2=C/c1ccc(F)cc1. The molecule has 2 aromatic rings. The highest BCUT2D eigenvalue weighted by atomic mass is 19.1. The number of Topliss-reactive ketones (excluding diaryl/α,β-unsaturated/α-hetero) is 1. The Kier molecular flexibility index (Phi) is 4.29. The third-order valence-electron chi connectivity index (χ3n) is 5.32. The second-order valence-corrected chi connectivity index (χ2v) is 6.91. The molecule has 2 aromatic carbocycles. The Balaban J connectivity index is 1.75. The smallest absolute Gasteiger partial charge is 0.188 e. The molecule has 0 N–H and O–H groups in total. The van der Waals surface area contributed by atoms with Crippen molar-refractivity contribution < 1.29 is 13.6 Å². The van der Waals surface area contributed by atoms with E-state index < -0.39 is 0 Å². The van der Waals surface area contributed by atoms with E-state index in [9.17, 15) is 13.6 Å². The van der Waals surface area contributed by atoms with E-state index in [4.69, 9.17) is 0 Å². The van der Waals surface area contributed by atoms with Crippen LogP contribution >= 0.6 is 0 Å². The molecule has 2 unspecified atom stereocenters. The van der Waals surface area contributed by atoms with E-state index in [0.717, 1.165) is 35.1 Å². The topological polar surface area (TPSA) is 20.3 Å². The zero-order valence-electron chi connectivity index (χ0n) is 14.5. The highest BCUT2D eigenvalue weighted by molar-refractivity contribution is 6.16. The molecule has 2 saturated heterocycles. The number of piperidine rings is 1. The molecule has 2 fully saturated rings. The van der Waals surface area contributed by atoms with Crippen molar-refractivity contribution in [3.05, 3.63) is 82.4 Å². The Bertz CT molecular complexity index is 823. The number of benzene rings is 2. The van der Waals surface area contributed by atoms with Gasteiger partial charge < -0.3 is 0 Å². The predicted molar refractivity (Wildman–Crippen MR) is 98.3 cm³/mol. The van der Waals surface area contributed by atoms with Crippen LogP contribution in [-0.2, 0) is 4.79 Å². The van der Waals surface area contributed by atoms with Gasteiger partial charge in [0.25, 0.3) is 0 Å². The zero-order chi connectivity index (χ0) is 18.3. The lowest BCUT2D eigenvalue weighted by Gasteiger charge is -2.34. The van der Waals surface area contributed by atoms with Crippen LogP contribution in [0.4, 0.5) is 8.78 Å². The summed E-state index contributed by atoms with van der Waals surface area (Å²) in [5, 5.41) is 0. The normalized spacial score (nSPS) is 26.0. The summed E-state index contributed by atoms with van der Waals surface area (Å²) < 4.78 is 26.3. The first-order valence-electron chi connectivity index (χ1n) is 8.74. The molecule has 2 aliphatic rings. The fraction of sp³-hybridized carbons (Fsp3) is 0.227. The number of hydrogen-bond acceptors (Lipinski definition) is 2. The van der Waals surface area contributed by atoms with Gasteiger partial charge in [-0.15, -0.1) is 0 Å². The zero-order valence-corrected chi connectivity index (χ0v) is 14.5. The number of carbonyl (C=O) groups excluding carboxylic acids is 1. The molecule has 4 rings (SSSR count). The van der Waals surface area contributed by atoms with Crippen LogP contribution < -0.4 is 0 Å². The number of nitrogens with zero attached hydrogens (tertiary/aromatic N) is 1. The fourth-order valence-electron chi connectivity index (χ4n) is 3.96. The van der Waals surface area contributed by atoms with Crippen LogP contribution in [0.15, 0.2) is 59.7 Å². The molecule has 0 saturated carbocycles. The minimum absolute atomic E-state index is 0.0317. The minimum atomic E-state index is -0.294. The van der Waals surface area contributed by atoms with Gasteiger partial charge in [0.05, 0.1) is 0 Å². The average molecular weight is 351 g/mol. The molecule has 2 heterocycles. The highest BCUT2D eigenvalue weighted by Crippen LogP contribution is 2.40. The van der Waals surface area contributed by atoms with Crippen LogP contribution in [0.5, 0.6) is 0 Å². The van der Waals surface area contributed by atoms with Gasteiger partial charge in [-0.2, -0.15) is 0 Å². The summed E-state index contributed by atoms with van der Waals surface area (Å²) in [6, 6.07) is 12.5. The highest BCUT2D eigenvalue weighted by Gasteiger charge is 2.44. The second kappa shape index (κ2) is 6.61. The Morgan fingerprint density at radius 2 is 1.19 bits per heavy atom. The van der Waals surface area contributed by atoms with Crippen LogP contribution in [0.3, 0.4) is 0 Å². The molecule has 0 spiro atoms. The molecule has 2 nitrogen and oxygen atoms in total. The summed E-state index contributed by atoms with van der Waals surface area (Å²) in [5.41, 5.74) is 3.10. The van der Waals surface area contributed by atoms with Crippen molar-refractivity contribution in [2.45, 2.75) is 24.9 Å². The van der Waals surface area contributed by atoms with E-state index in [1.807, 2.05) is 19.2 Å². The average Bonchev–Trinajstić information content (AvgIpc) is 2.94. The molecular formula is C22H19F2NO. The van der Waals surface area contributed by atoms with Gasteiger partial charge in [0.2, 0.25) is 0 Å². The third kappa shape index (κ3) is 3.01. The Morgan fingerprint density at radius 3 is 1.58 bits per heavy atom. The third-order valence-corrected chi connectivity index (χ3v) is 5.32. The van der Waals surface area contributed by atoms with Crippen molar-refractivity contribution in [2.75, 3.05) is 7.05 Å². The Morgan fingerprint density at radius 1 is 0.808 bits per heavy atom. The number of hydrogen-bond donors (Lipinski definition) is 0. The van der Waals surface area contributed by atoms with Crippen molar-refractivity contribution >= 4 is 17.9 Å². The number of carbonyl (C=O) groups is 1. The summed E-state index contributed by atoms with van der Waals surface area (Å²) in [6.45, 7) is 0.